The summed E-state index contributed by atoms with van der Waals surface area (Å²) in [4.78, 5) is 21.4. The number of nitrogens with two attached hydrogens (primary N) is 1. The van der Waals surface area contributed by atoms with Crippen LogP contribution in [0.1, 0.15) is 15.2 Å². The summed E-state index contributed by atoms with van der Waals surface area (Å²) in [7, 11) is 0. The Hall–Kier alpha value is -2.47. The second-order valence-corrected chi connectivity index (χ2v) is 5.48. The van der Waals surface area contributed by atoms with E-state index in [2.05, 4.69) is 9.97 Å². The second kappa shape index (κ2) is 4.90. The predicted octanol–water partition coefficient (Wildman–Crippen LogP) is 2.89. The van der Waals surface area contributed by atoms with Crippen molar-refractivity contribution in [1.82, 2.24) is 9.97 Å². The summed E-state index contributed by atoms with van der Waals surface area (Å²) < 4.78 is 5.74. The van der Waals surface area contributed by atoms with Crippen LogP contribution >= 0.6 is 11.3 Å². The number of ether oxygens (including phenoxy) is 1. The van der Waals surface area contributed by atoms with Crippen molar-refractivity contribution >= 4 is 27.5 Å². The van der Waals surface area contributed by atoms with Gasteiger partial charge in [0.05, 0.1) is 5.39 Å². The number of benzene rings is 1. The molecule has 0 saturated heterocycles. The fraction of sp³-hybridized carbons (Fsp3) is 0.0714. The van der Waals surface area contributed by atoms with Crippen molar-refractivity contribution < 1.29 is 9.53 Å². The van der Waals surface area contributed by atoms with Gasteiger partial charge in [-0.05, 0) is 37.3 Å². The Balaban J connectivity index is 1.94. The maximum absolute atomic E-state index is 11.0. The minimum absolute atomic E-state index is 0.441. The summed E-state index contributed by atoms with van der Waals surface area (Å²) in [5.74, 6) is 0.638. The molecule has 0 bridgehead atoms. The molecule has 3 rings (SSSR count). The third-order valence-electron chi connectivity index (χ3n) is 2.77. The van der Waals surface area contributed by atoms with Crippen LogP contribution in [0.25, 0.3) is 10.2 Å². The SMILES string of the molecule is Cc1cc2c(Oc3ccc(C(N)=O)cc3)ncnc2s1. The topological polar surface area (TPSA) is 78.1 Å². The minimum Gasteiger partial charge on any atom is -0.438 e. The van der Waals surface area contributed by atoms with E-state index in [-0.39, 0.29) is 0 Å². The third-order valence-corrected chi connectivity index (χ3v) is 3.73. The van der Waals surface area contributed by atoms with Gasteiger partial charge in [-0.3, -0.25) is 4.79 Å². The Kier molecular flexibility index (Phi) is 3.08. The number of aryl methyl sites for hydroxylation is 1. The number of carbonyl (C=O) groups is 1. The molecule has 0 spiro atoms. The molecular formula is C14H11N3O2S. The lowest BCUT2D eigenvalue weighted by Crippen LogP contribution is -2.10. The van der Waals surface area contributed by atoms with Gasteiger partial charge in [0.15, 0.2) is 0 Å². The van der Waals surface area contributed by atoms with Crippen LogP contribution in [0.2, 0.25) is 0 Å². The first-order valence-corrected chi connectivity index (χ1v) is 6.74. The first kappa shape index (κ1) is 12.6. The molecule has 3 aromatic rings. The Morgan fingerprint density at radius 3 is 2.70 bits per heavy atom. The number of aromatic nitrogens is 2. The van der Waals surface area contributed by atoms with E-state index in [1.165, 1.54) is 6.33 Å². The van der Waals surface area contributed by atoms with E-state index in [1.54, 1.807) is 35.6 Å². The Morgan fingerprint density at radius 2 is 2.00 bits per heavy atom. The molecule has 0 unspecified atom stereocenters. The molecule has 0 atom stereocenters. The fourth-order valence-corrected chi connectivity index (χ4v) is 2.67. The van der Waals surface area contributed by atoms with Gasteiger partial charge >= 0.3 is 0 Å². The van der Waals surface area contributed by atoms with E-state index in [1.807, 2.05) is 13.0 Å². The lowest BCUT2D eigenvalue weighted by Gasteiger charge is -2.05. The van der Waals surface area contributed by atoms with E-state index in [0.29, 0.717) is 17.2 Å². The van der Waals surface area contributed by atoms with Crippen LogP contribution in [0, 0.1) is 6.92 Å². The van der Waals surface area contributed by atoms with Crippen molar-refractivity contribution in [3.8, 4) is 11.6 Å². The molecule has 1 aromatic carbocycles. The molecule has 1 amide bonds. The molecule has 5 nitrogen and oxygen atoms in total. The highest BCUT2D eigenvalue weighted by Gasteiger charge is 2.09. The van der Waals surface area contributed by atoms with E-state index < -0.39 is 5.91 Å². The number of amides is 1. The normalized spacial score (nSPS) is 10.7. The third kappa shape index (κ3) is 2.33. The van der Waals surface area contributed by atoms with Crippen LogP contribution in [0.15, 0.2) is 36.7 Å². The Labute approximate surface area is 119 Å². The van der Waals surface area contributed by atoms with Gasteiger partial charge in [0.2, 0.25) is 11.8 Å². The summed E-state index contributed by atoms with van der Waals surface area (Å²) in [6.45, 7) is 2.01. The molecule has 0 aliphatic carbocycles. The van der Waals surface area contributed by atoms with Crippen LogP contribution in [0.3, 0.4) is 0 Å². The molecule has 0 saturated carbocycles. The number of nitrogens with zero attached hydrogens (tertiary/aromatic N) is 2. The maximum Gasteiger partial charge on any atom is 0.248 e. The molecule has 6 heteroatoms. The molecule has 20 heavy (non-hydrogen) atoms. The summed E-state index contributed by atoms with van der Waals surface area (Å²) in [5.41, 5.74) is 5.64. The first-order valence-electron chi connectivity index (χ1n) is 5.92. The molecule has 2 aromatic heterocycles. The highest BCUT2D eigenvalue weighted by molar-refractivity contribution is 7.18. The number of rotatable bonds is 3. The molecule has 0 radical (unpaired) electrons. The summed E-state index contributed by atoms with van der Waals surface area (Å²) >= 11 is 1.59. The smallest absolute Gasteiger partial charge is 0.248 e. The Morgan fingerprint density at radius 1 is 1.25 bits per heavy atom. The molecule has 0 fully saturated rings. The van der Waals surface area contributed by atoms with Crippen molar-refractivity contribution in [2.45, 2.75) is 6.92 Å². The van der Waals surface area contributed by atoms with E-state index in [4.69, 9.17) is 10.5 Å². The second-order valence-electron chi connectivity index (χ2n) is 4.25. The predicted molar refractivity (Wildman–Crippen MR) is 77.2 cm³/mol. The van der Waals surface area contributed by atoms with Gasteiger partial charge in [-0.1, -0.05) is 0 Å². The first-order chi connectivity index (χ1) is 9.63. The largest absolute Gasteiger partial charge is 0.438 e. The monoisotopic (exact) mass is 285 g/mol. The van der Waals surface area contributed by atoms with Crippen molar-refractivity contribution in [2.24, 2.45) is 5.73 Å². The highest BCUT2D eigenvalue weighted by Crippen LogP contribution is 2.31. The van der Waals surface area contributed by atoms with Crippen molar-refractivity contribution in [3.05, 3.63) is 47.1 Å². The van der Waals surface area contributed by atoms with Gasteiger partial charge in [0, 0.05) is 10.4 Å². The molecule has 2 heterocycles. The lowest BCUT2D eigenvalue weighted by molar-refractivity contribution is 0.100. The number of primary amides is 1. The number of thiophene rings is 1. The number of hydrogen-bond acceptors (Lipinski definition) is 5. The average Bonchev–Trinajstić information content (AvgIpc) is 2.81. The van der Waals surface area contributed by atoms with Crippen LogP contribution in [0.5, 0.6) is 11.6 Å². The fourth-order valence-electron chi connectivity index (χ4n) is 1.83. The summed E-state index contributed by atoms with van der Waals surface area (Å²) in [5, 5.41) is 0.883. The van der Waals surface area contributed by atoms with Gasteiger partial charge in [-0.15, -0.1) is 11.3 Å². The van der Waals surface area contributed by atoms with Crippen molar-refractivity contribution in [3.63, 3.8) is 0 Å². The highest BCUT2D eigenvalue weighted by atomic mass is 32.1. The standard InChI is InChI=1S/C14H11N3O2S/c1-8-6-11-13(16-7-17-14(11)20-8)19-10-4-2-9(3-5-10)12(15)18/h2-7H,1H3,(H2,15,18). The summed E-state index contributed by atoms with van der Waals surface area (Å²) in [6.07, 6.45) is 1.48. The zero-order chi connectivity index (χ0) is 14.1. The van der Waals surface area contributed by atoms with Crippen LogP contribution in [-0.2, 0) is 0 Å². The number of hydrogen-bond donors (Lipinski definition) is 1. The lowest BCUT2D eigenvalue weighted by atomic mass is 10.2. The zero-order valence-corrected chi connectivity index (χ0v) is 11.5. The van der Waals surface area contributed by atoms with Crippen LogP contribution in [0.4, 0.5) is 0 Å². The zero-order valence-electron chi connectivity index (χ0n) is 10.7. The minimum atomic E-state index is -0.463. The van der Waals surface area contributed by atoms with Gasteiger partial charge < -0.3 is 10.5 Å². The van der Waals surface area contributed by atoms with Gasteiger partial charge in [0.25, 0.3) is 0 Å². The average molecular weight is 285 g/mol. The van der Waals surface area contributed by atoms with E-state index in [9.17, 15) is 4.79 Å². The molecule has 2 N–H and O–H groups in total. The molecule has 0 aliphatic rings. The number of carbonyl (C=O) groups excluding carboxylic acids is 1. The van der Waals surface area contributed by atoms with E-state index in [0.717, 1.165) is 15.1 Å². The summed E-state index contributed by atoms with van der Waals surface area (Å²) in [6, 6.07) is 8.61. The van der Waals surface area contributed by atoms with Gasteiger partial charge in [-0.2, -0.15) is 0 Å². The van der Waals surface area contributed by atoms with Crippen LogP contribution < -0.4 is 10.5 Å². The van der Waals surface area contributed by atoms with Crippen molar-refractivity contribution in [2.75, 3.05) is 0 Å². The molecule has 100 valence electrons. The van der Waals surface area contributed by atoms with E-state index >= 15 is 0 Å². The molecular weight excluding hydrogens is 274 g/mol. The maximum atomic E-state index is 11.0. The van der Waals surface area contributed by atoms with Crippen LogP contribution in [-0.4, -0.2) is 15.9 Å². The molecule has 0 aliphatic heterocycles. The van der Waals surface area contributed by atoms with Gasteiger partial charge in [-0.25, -0.2) is 9.97 Å². The Bertz CT molecular complexity index is 781. The van der Waals surface area contributed by atoms with Gasteiger partial charge in [0.1, 0.15) is 16.9 Å². The quantitative estimate of drug-likeness (QED) is 0.802. The van der Waals surface area contributed by atoms with Crippen molar-refractivity contribution in [1.29, 1.82) is 0 Å². The number of fused-ring (bicyclic) bond motifs is 1.